The van der Waals surface area contributed by atoms with E-state index in [2.05, 4.69) is 34.7 Å². The largest absolute Gasteiger partial charge is 0.302 e. The van der Waals surface area contributed by atoms with Crippen LogP contribution in [0.1, 0.15) is 23.5 Å². The summed E-state index contributed by atoms with van der Waals surface area (Å²) in [5, 5.41) is 0.722. The van der Waals surface area contributed by atoms with Gasteiger partial charge in [-0.15, -0.1) is 11.3 Å². The van der Waals surface area contributed by atoms with Gasteiger partial charge in [0.1, 0.15) is 0 Å². The van der Waals surface area contributed by atoms with Crippen LogP contribution in [0.4, 0.5) is 5.13 Å². The highest BCUT2D eigenvalue weighted by Crippen LogP contribution is 2.32. The molecule has 4 nitrogen and oxygen atoms in total. The van der Waals surface area contributed by atoms with Crippen LogP contribution in [0, 0.1) is 0 Å². The molecule has 3 rings (SSSR count). The fourth-order valence-electron chi connectivity index (χ4n) is 2.63. The second kappa shape index (κ2) is 8.80. The number of carbonyl (C=O) groups excluding carboxylic acids is 1. The molecule has 0 N–H and O–H groups in total. The van der Waals surface area contributed by atoms with E-state index in [1.807, 2.05) is 18.2 Å². The van der Waals surface area contributed by atoms with Gasteiger partial charge in [0.15, 0.2) is 5.13 Å². The Morgan fingerprint density at radius 3 is 2.58 bits per heavy atom. The third-order valence-corrected chi connectivity index (χ3v) is 6.89. The molecule has 0 aliphatic heterocycles. The van der Waals surface area contributed by atoms with Gasteiger partial charge in [0, 0.05) is 17.6 Å². The Bertz CT molecular complexity index is 907. The topological polar surface area (TPSA) is 36.4 Å². The summed E-state index contributed by atoms with van der Waals surface area (Å²) in [6.07, 6.45) is 0. The van der Waals surface area contributed by atoms with Crippen molar-refractivity contribution in [3.8, 4) is 0 Å². The highest BCUT2D eigenvalue weighted by atomic mass is 79.9. The number of thiazole rings is 1. The van der Waals surface area contributed by atoms with Crippen LogP contribution in [0.25, 0.3) is 10.2 Å². The Kier molecular flexibility index (Phi) is 6.69. The minimum atomic E-state index is -0.0489. The Morgan fingerprint density at radius 2 is 1.92 bits per heavy atom. The van der Waals surface area contributed by atoms with Crippen LogP contribution in [0.2, 0.25) is 4.34 Å². The van der Waals surface area contributed by atoms with Gasteiger partial charge in [-0.3, -0.25) is 9.69 Å². The van der Waals surface area contributed by atoms with E-state index >= 15 is 0 Å². The molecule has 8 heteroatoms. The van der Waals surface area contributed by atoms with E-state index in [1.54, 1.807) is 17.0 Å². The average molecular weight is 473 g/mol. The zero-order valence-corrected chi connectivity index (χ0v) is 18.5. The predicted molar refractivity (Wildman–Crippen MR) is 116 cm³/mol. The number of aromatic nitrogens is 1. The third kappa shape index (κ3) is 4.46. The molecule has 26 heavy (non-hydrogen) atoms. The Labute approximate surface area is 174 Å². The molecule has 138 valence electrons. The van der Waals surface area contributed by atoms with Crippen molar-refractivity contribution in [1.29, 1.82) is 0 Å². The normalized spacial score (nSPS) is 11.4. The number of carbonyl (C=O) groups is 1. The maximum Gasteiger partial charge on any atom is 0.270 e. The smallest absolute Gasteiger partial charge is 0.270 e. The number of amides is 1. The third-order valence-electron chi connectivity index (χ3n) is 4.13. The van der Waals surface area contributed by atoms with Gasteiger partial charge >= 0.3 is 0 Å². The Hall–Kier alpha value is -0.990. The van der Waals surface area contributed by atoms with Crippen molar-refractivity contribution in [2.24, 2.45) is 0 Å². The van der Waals surface area contributed by atoms with Crippen molar-refractivity contribution >= 4 is 71.5 Å². The van der Waals surface area contributed by atoms with E-state index in [0.717, 1.165) is 39.5 Å². The monoisotopic (exact) mass is 471 g/mol. The molecule has 2 aromatic heterocycles. The molecule has 0 spiro atoms. The molecule has 0 saturated carbocycles. The van der Waals surface area contributed by atoms with Gasteiger partial charge in [0.2, 0.25) is 0 Å². The highest BCUT2D eigenvalue weighted by molar-refractivity contribution is 9.10. The summed E-state index contributed by atoms with van der Waals surface area (Å²) in [6, 6.07) is 9.51. The number of fused-ring (bicyclic) bond motifs is 1. The number of thiophene rings is 1. The van der Waals surface area contributed by atoms with Gasteiger partial charge in [0.25, 0.3) is 5.91 Å². The molecule has 0 aliphatic rings. The van der Waals surface area contributed by atoms with Crippen LogP contribution in [0.3, 0.4) is 0 Å². The molecule has 0 aliphatic carbocycles. The average Bonchev–Trinajstić information content (AvgIpc) is 3.24. The Balaban J connectivity index is 1.93. The van der Waals surface area contributed by atoms with Crippen LogP contribution >= 0.6 is 50.2 Å². The molecule has 0 radical (unpaired) electrons. The first-order chi connectivity index (χ1) is 12.5. The van der Waals surface area contributed by atoms with Crippen molar-refractivity contribution in [3.63, 3.8) is 0 Å². The number of rotatable bonds is 7. The predicted octanol–water partition coefficient (Wildman–Crippen LogP) is 5.76. The van der Waals surface area contributed by atoms with Crippen molar-refractivity contribution in [2.45, 2.75) is 13.8 Å². The first-order valence-corrected chi connectivity index (χ1v) is 11.2. The fraction of sp³-hybridized carbons (Fsp3) is 0.333. The maximum absolute atomic E-state index is 13.1. The van der Waals surface area contributed by atoms with Gasteiger partial charge in [-0.1, -0.05) is 52.7 Å². The number of halogens is 2. The molecule has 1 aromatic carbocycles. The van der Waals surface area contributed by atoms with Gasteiger partial charge in [-0.2, -0.15) is 0 Å². The standard InChI is InChI=1S/C18H19BrClN3OS2/c1-3-22(4-2)9-10-23(17(24)14-7-8-16(20)25-14)18-21-13-6-5-12(19)11-15(13)26-18/h5-8,11H,3-4,9-10H2,1-2H3. The summed E-state index contributed by atoms with van der Waals surface area (Å²) in [4.78, 5) is 22.5. The van der Waals surface area contributed by atoms with E-state index in [9.17, 15) is 4.79 Å². The second-order valence-corrected chi connectivity index (χ2v) is 9.34. The van der Waals surface area contributed by atoms with Crippen LogP contribution in [-0.2, 0) is 0 Å². The minimum Gasteiger partial charge on any atom is -0.302 e. The number of benzene rings is 1. The summed E-state index contributed by atoms with van der Waals surface area (Å²) in [5.74, 6) is -0.0489. The highest BCUT2D eigenvalue weighted by Gasteiger charge is 2.23. The van der Waals surface area contributed by atoms with Crippen LogP contribution in [0.15, 0.2) is 34.8 Å². The van der Waals surface area contributed by atoms with Crippen LogP contribution in [-0.4, -0.2) is 42.0 Å². The second-order valence-electron chi connectivity index (χ2n) is 5.70. The lowest BCUT2D eigenvalue weighted by Gasteiger charge is -2.24. The molecule has 1 amide bonds. The van der Waals surface area contributed by atoms with Gasteiger partial charge < -0.3 is 4.90 Å². The van der Waals surface area contributed by atoms with E-state index in [4.69, 9.17) is 16.6 Å². The molecule has 0 fully saturated rings. The lowest BCUT2D eigenvalue weighted by molar-refractivity contribution is 0.0987. The lowest BCUT2D eigenvalue weighted by Crippen LogP contribution is -2.38. The number of likely N-dealkylation sites (N-methyl/N-ethyl adjacent to an activating group) is 1. The van der Waals surface area contributed by atoms with E-state index in [0.29, 0.717) is 15.8 Å². The minimum absolute atomic E-state index is 0.0489. The summed E-state index contributed by atoms with van der Waals surface area (Å²) < 4.78 is 2.68. The maximum atomic E-state index is 13.1. The molecule has 0 atom stereocenters. The fourth-order valence-corrected chi connectivity index (χ4v) is 5.16. The van der Waals surface area contributed by atoms with Crippen LogP contribution < -0.4 is 4.90 Å². The first-order valence-electron chi connectivity index (χ1n) is 8.37. The SMILES string of the molecule is CCN(CC)CCN(C(=O)c1ccc(Cl)s1)c1nc2ccc(Br)cc2s1. The number of nitrogens with zero attached hydrogens (tertiary/aromatic N) is 3. The summed E-state index contributed by atoms with van der Waals surface area (Å²) >= 11 is 12.4. The van der Waals surface area contributed by atoms with E-state index < -0.39 is 0 Å². The molecule has 0 bridgehead atoms. The summed E-state index contributed by atoms with van der Waals surface area (Å²) in [6.45, 7) is 7.56. The van der Waals surface area contributed by atoms with Crippen molar-refractivity contribution < 1.29 is 4.79 Å². The van der Waals surface area contributed by atoms with Crippen LogP contribution in [0.5, 0.6) is 0 Å². The van der Waals surface area contributed by atoms with Crippen molar-refractivity contribution in [3.05, 3.63) is 44.0 Å². The molecule has 0 saturated heterocycles. The van der Waals surface area contributed by atoms with Gasteiger partial charge in [-0.25, -0.2) is 4.98 Å². The molecule has 3 aromatic rings. The zero-order valence-electron chi connectivity index (χ0n) is 14.5. The van der Waals surface area contributed by atoms with Crippen molar-refractivity contribution in [2.75, 3.05) is 31.1 Å². The quantitative estimate of drug-likeness (QED) is 0.438. The summed E-state index contributed by atoms with van der Waals surface area (Å²) in [7, 11) is 0. The first kappa shape index (κ1) is 19.8. The molecular weight excluding hydrogens is 454 g/mol. The number of hydrogen-bond acceptors (Lipinski definition) is 5. The number of hydrogen-bond donors (Lipinski definition) is 0. The summed E-state index contributed by atoms with van der Waals surface area (Å²) in [5.41, 5.74) is 0.901. The van der Waals surface area contributed by atoms with E-state index in [1.165, 1.54) is 22.7 Å². The lowest BCUT2D eigenvalue weighted by atomic mass is 10.3. The Morgan fingerprint density at radius 1 is 1.15 bits per heavy atom. The molecule has 0 unspecified atom stereocenters. The number of anilines is 1. The molecule has 2 heterocycles. The van der Waals surface area contributed by atoms with Gasteiger partial charge in [0.05, 0.1) is 19.4 Å². The van der Waals surface area contributed by atoms with Gasteiger partial charge in [-0.05, 0) is 43.4 Å². The zero-order chi connectivity index (χ0) is 18.7. The van der Waals surface area contributed by atoms with E-state index in [-0.39, 0.29) is 5.91 Å². The van der Waals surface area contributed by atoms with Crippen molar-refractivity contribution in [1.82, 2.24) is 9.88 Å². The molecular formula is C18H19BrClN3OS2.